The van der Waals surface area contributed by atoms with Crippen molar-refractivity contribution in [3.05, 3.63) is 0 Å². The quantitative estimate of drug-likeness (QED) is 0.334. The molecule has 0 unspecified atom stereocenters. The third-order valence-electron chi connectivity index (χ3n) is 1.46. The van der Waals surface area contributed by atoms with Gasteiger partial charge in [0.1, 0.15) is 0 Å². The van der Waals surface area contributed by atoms with Crippen LogP contribution in [0, 0.1) is 5.41 Å². The Morgan fingerprint density at radius 2 is 2.07 bits per heavy atom. The molecule has 0 amide bonds. The van der Waals surface area contributed by atoms with Crippen LogP contribution >= 0.6 is 12.4 Å². The van der Waals surface area contributed by atoms with Crippen LogP contribution < -0.4 is 16.4 Å². The van der Waals surface area contributed by atoms with Crippen LogP contribution in [0.25, 0.3) is 0 Å². The second-order valence-electron chi connectivity index (χ2n) is 3.42. The van der Waals surface area contributed by atoms with Gasteiger partial charge in [0.2, 0.25) is 0 Å². The molecule has 6 heteroatoms. The number of nitrogens with one attached hydrogen (secondary N) is 3. The lowest BCUT2D eigenvalue weighted by Crippen LogP contribution is -2.46. The summed E-state index contributed by atoms with van der Waals surface area (Å²) in [6.07, 6.45) is 2.15. The first kappa shape index (κ1) is 16.5. The second-order valence-corrected chi connectivity index (χ2v) is 3.42. The van der Waals surface area contributed by atoms with Crippen LogP contribution in [0.2, 0.25) is 0 Å². The van der Waals surface area contributed by atoms with Gasteiger partial charge in [-0.05, 0) is 20.3 Å². The number of nitrogens with zero attached hydrogens (tertiary/aromatic N) is 1. The normalized spacial score (nSPS) is 10.8. The van der Waals surface area contributed by atoms with Crippen LogP contribution in [0.5, 0.6) is 0 Å². The van der Waals surface area contributed by atoms with Gasteiger partial charge in [-0.1, -0.05) is 13.3 Å². The van der Waals surface area contributed by atoms with Crippen molar-refractivity contribution in [3.63, 3.8) is 0 Å². The molecule has 0 rings (SSSR count). The second kappa shape index (κ2) is 9.58. The van der Waals surface area contributed by atoms with Gasteiger partial charge >= 0.3 is 0 Å². The van der Waals surface area contributed by atoms with Gasteiger partial charge in [-0.25, -0.2) is 0 Å². The van der Waals surface area contributed by atoms with E-state index in [1.807, 2.05) is 13.8 Å². The number of aliphatic imine (C=N–C) groups is 1. The highest BCUT2D eigenvalue weighted by Gasteiger charge is 2.00. The summed E-state index contributed by atoms with van der Waals surface area (Å²) in [4.78, 5) is 4.27. The minimum absolute atomic E-state index is 0. The standard InChI is InChI=1S/C9H21N5.ClH/c1-4-5-6-12-9(13-7(2)3)14-8(10)11;/h7H,4-6H2,1-3H3,(H5,10,11,12,13,14);1H. The summed E-state index contributed by atoms with van der Waals surface area (Å²) < 4.78 is 0. The van der Waals surface area contributed by atoms with Gasteiger partial charge in [0.05, 0.1) is 0 Å². The van der Waals surface area contributed by atoms with Crippen LogP contribution in [0.1, 0.15) is 33.6 Å². The fraction of sp³-hybridized carbons (Fsp3) is 0.778. The summed E-state index contributed by atoms with van der Waals surface area (Å²) in [5.74, 6) is 0.495. The molecule has 0 bridgehead atoms. The zero-order valence-corrected chi connectivity index (χ0v) is 10.4. The van der Waals surface area contributed by atoms with Gasteiger partial charge in [0, 0.05) is 12.6 Å². The van der Waals surface area contributed by atoms with Crippen LogP contribution in [0.15, 0.2) is 4.99 Å². The van der Waals surface area contributed by atoms with Crippen molar-refractivity contribution in [1.82, 2.24) is 10.6 Å². The molecule has 0 aromatic heterocycles. The van der Waals surface area contributed by atoms with Crippen molar-refractivity contribution in [3.8, 4) is 0 Å². The highest BCUT2D eigenvalue weighted by atomic mass is 35.5. The molecule has 0 heterocycles. The van der Waals surface area contributed by atoms with E-state index in [4.69, 9.17) is 11.1 Å². The number of guanidine groups is 2. The molecular formula is C9H22ClN5. The molecule has 0 radical (unpaired) electrons. The summed E-state index contributed by atoms with van der Waals surface area (Å²) in [7, 11) is 0. The Balaban J connectivity index is 0. The first-order chi connectivity index (χ1) is 6.56. The summed E-state index contributed by atoms with van der Waals surface area (Å²) in [6, 6.07) is 0.280. The lowest BCUT2D eigenvalue weighted by Gasteiger charge is -2.13. The number of hydrogen-bond donors (Lipinski definition) is 4. The Kier molecular flexibility index (Phi) is 10.5. The molecule has 5 nitrogen and oxygen atoms in total. The molecule has 90 valence electrons. The molecule has 0 fully saturated rings. The molecule has 0 saturated carbocycles. The van der Waals surface area contributed by atoms with E-state index in [-0.39, 0.29) is 24.4 Å². The number of rotatable bonds is 4. The predicted molar refractivity (Wildman–Crippen MR) is 67.8 cm³/mol. The summed E-state index contributed by atoms with van der Waals surface area (Å²) in [5.41, 5.74) is 5.22. The topological polar surface area (TPSA) is 86.3 Å². The predicted octanol–water partition coefficient (Wildman–Crippen LogP) is 1.05. The number of nitrogens with two attached hydrogens (primary N) is 1. The van der Waals surface area contributed by atoms with Crippen LogP contribution in [0.3, 0.4) is 0 Å². The van der Waals surface area contributed by atoms with E-state index in [2.05, 4.69) is 22.5 Å². The Morgan fingerprint density at radius 3 is 2.47 bits per heavy atom. The van der Waals surface area contributed by atoms with Crippen LogP contribution in [-0.4, -0.2) is 24.5 Å². The van der Waals surface area contributed by atoms with Gasteiger partial charge in [0.15, 0.2) is 11.9 Å². The van der Waals surface area contributed by atoms with E-state index in [1.54, 1.807) is 0 Å². The van der Waals surface area contributed by atoms with Gasteiger partial charge in [-0.15, -0.1) is 12.4 Å². The molecule has 15 heavy (non-hydrogen) atoms. The highest BCUT2D eigenvalue weighted by Crippen LogP contribution is 1.87. The van der Waals surface area contributed by atoms with Crippen LogP contribution in [-0.2, 0) is 0 Å². The Bertz CT molecular complexity index is 203. The molecule has 0 spiro atoms. The van der Waals surface area contributed by atoms with Crippen molar-refractivity contribution in [1.29, 1.82) is 5.41 Å². The molecule has 0 saturated heterocycles. The minimum atomic E-state index is -0.0894. The average Bonchev–Trinajstić information content (AvgIpc) is 2.02. The number of unbranched alkanes of at least 4 members (excludes halogenated alkanes) is 1. The maximum absolute atomic E-state index is 7.10. The van der Waals surface area contributed by atoms with E-state index >= 15 is 0 Å². The van der Waals surface area contributed by atoms with E-state index in [0.29, 0.717) is 5.96 Å². The average molecular weight is 236 g/mol. The van der Waals surface area contributed by atoms with Crippen LogP contribution in [0.4, 0.5) is 0 Å². The van der Waals surface area contributed by atoms with Gasteiger partial charge in [-0.3, -0.25) is 15.7 Å². The van der Waals surface area contributed by atoms with E-state index < -0.39 is 0 Å². The molecular weight excluding hydrogens is 214 g/mol. The van der Waals surface area contributed by atoms with Gasteiger partial charge in [0.25, 0.3) is 0 Å². The molecule has 5 N–H and O–H groups in total. The molecule has 0 aliphatic carbocycles. The van der Waals surface area contributed by atoms with Crippen molar-refractivity contribution >= 4 is 24.3 Å². The van der Waals surface area contributed by atoms with Crippen molar-refractivity contribution < 1.29 is 0 Å². The highest BCUT2D eigenvalue weighted by molar-refractivity contribution is 5.96. The smallest absolute Gasteiger partial charge is 0.198 e. The summed E-state index contributed by atoms with van der Waals surface area (Å²) >= 11 is 0. The molecule has 0 aliphatic rings. The van der Waals surface area contributed by atoms with Gasteiger partial charge in [-0.2, -0.15) is 0 Å². The molecule has 0 aliphatic heterocycles. The summed E-state index contributed by atoms with van der Waals surface area (Å²) in [6.45, 7) is 6.89. The lowest BCUT2D eigenvalue weighted by atomic mass is 10.3. The molecule has 0 aromatic carbocycles. The van der Waals surface area contributed by atoms with Crippen molar-refractivity contribution in [2.45, 2.75) is 39.7 Å². The Morgan fingerprint density at radius 1 is 1.47 bits per heavy atom. The van der Waals surface area contributed by atoms with Crippen molar-refractivity contribution in [2.75, 3.05) is 6.54 Å². The Hall–Kier alpha value is -0.970. The van der Waals surface area contributed by atoms with Crippen molar-refractivity contribution in [2.24, 2.45) is 10.7 Å². The minimum Gasteiger partial charge on any atom is -0.370 e. The fourth-order valence-corrected chi connectivity index (χ4v) is 0.871. The lowest BCUT2D eigenvalue weighted by molar-refractivity contribution is 0.710. The zero-order chi connectivity index (χ0) is 11.0. The number of halogens is 1. The Labute approximate surface area is 97.8 Å². The first-order valence-corrected chi connectivity index (χ1v) is 4.98. The van der Waals surface area contributed by atoms with E-state index in [0.717, 1.165) is 19.4 Å². The fourth-order valence-electron chi connectivity index (χ4n) is 0.871. The maximum Gasteiger partial charge on any atom is 0.198 e. The van der Waals surface area contributed by atoms with E-state index in [9.17, 15) is 0 Å². The largest absolute Gasteiger partial charge is 0.370 e. The monoisotopic (exact) mass is 235 g/mol. The van der Waals surface area contributed by atoms with Gasteiger partial charge < -0.3 is 11.1 Å². The third-order valence-corrected chi connectivity index (χ3v) is 1.46. The molecule has 0 atom stereocenters. The summed E-state index contributed by atoms with van der Waals surface area (Å²) in [5, 5.41) is 12.9. The molecule has 0 aromatic rings. The SMILES string of the molecule is CCCCN=C(NC(=N)N)NC(C)C.Cl. The third kappa shape index (κ3) is 11.0. The number of hydrogen-bond acceptors (Lipinski definition) is 2. The maximum atomic E-state index is 7.10. The zero-order valence-electron chi connectivity index (χ0n) is 9.63. The first-order valence-electron chi connectivity index (χ1n) is 4.98. The van der Waals surface area contributed by atoms with E-state index in [1.165, 1.54) is 0 Å².